The molecule has 2 rings (SSSR count). The number of ether oxygens (including phenoxy) is 1. The van der Waals surface area contributed by atoms with Crippen molar-refractivity contribution in [2.75, 3.05) is 7.11 Å². The van der Waals surface area contributed by atoms with Crippen LogP contribution in [-0.2, 0) is 0 Å². The molecule has 2 aromatic rings. The number of benzene rings is 2. The number of carboxylic acid groups (broad SMARTS) is 1. The molecular weight excluding hydrogens is 242 g/mol. The van der Waals surface area contributed by atoms with E-state index in [1.54, 1.807) is 24.3 Å². The van der Waals surface area contributed by atoms with Gasteiger partial charge in [0.1, 0.15) is 11.8 Å². The summed E-state index contributed by atoms with van der Waals surface area (Å²) < 4.78 is 5.17. The van der Waals surface area contributed by atoms with E-state index in [0.717, 1.165) is 0 Å². The largest absolute Gasteiger partial charge is 0.495 e. The second-order valence-electron chi connectivity index (χ2n) is 3.47. The van der Waals surface area contributed by atoms with Gasteiger partial charge in [-0.2, -0.15) is 5.26 Å². The van der Waals surface area contributed by atoms with Crippen molar-refractivity contribution in [3.63, 3.8) is 0 Å². The predicted molar refractivity (Wildman–Crippen MR) is 73.5 cm³/mol. The number of hydrogen-bond donors (Lipinski definition) is 1. The van der Waals surface area contributed by atoms with Crippen LogP contribution in [0.15, 0.2) is 30.3 Å². The van der Waals surface area contributed by atoms with Gasteiger partial charge in [0.25, 0.3) is 0 Å². The summed E-state index contributed by atoms with van der Waals surface area (Å²) in [6.07, 6.45) is 0. The fourth-order valence-corrected chi connectivity index (χ4v) is 1.83. The summed E-state index contributed by atoms with van der Waals surface area (Å²) in [5.74, 6) is -0.645. The normalized spacial score (nSPS) is 9.16. The number of hydrogen-bond acceptors (Lipinski definition) is 3. The van der Waals surface area contributed by atoms with E-state index >= 15 is 0 Å². The Morgan fingerprint density at radius 1 is 1.26 bits per heavy atom. The number of carboxylic acids is 1. The highest BCUT2D eigenvalue weighted by Gasteiger charge is 2.15. The summed E-state index contributed by atoms with van der Waals surface area (Å²) in [6, 6.07) is 10.2. The first-order chi connectivity index (χ1) is 9.19. The minimum atomic E-state index is -1.06. The molecule has 0 radical (unpaired) electrons. The number of aromatic carboxylic acids is 1. The van der Waals surface area contributed by atoms with Gasteiger partial charge in [-0.15, -0.1) is 0 Å². The zero-order valence-corrected chi connectivity index (χ0v) is 11.1. The third-order valence-electron chi connectivity index (χ3n) is 2.55. The van der Waals surface area contributed by atoms with Gasteiger partial charge < -0.3 is 9.84 Å². The van der Waals surface area contributed by atoms with Gasteiger partial charge in [0.2, 0.25) is 0 Å². The smallest absolute Gasteiger partial charge is 0.336 e. The first kappa shape index (κ1) is 14.5. The summed E-state index contributed by atoms with van der Waals surface area (Å²) in [4.78, 5) is 11.1. The second kappa shape index (κ2) is 6.41. The highest BCUT2D eigenvalue weighted by atomic mass is 16.5. The van der Waals surface area contributed by atoms with Gasteiger partial charge in [-0.3, -0.25) is 0 Å². The number of nitrogens with zero attached hydrogens (tertiary/aromatic N) is 1. The van der Waals surface area contributed by atoms with Gasteiger partial charge in [0.05, 0.1) is 18.2 Å². The second-order valence-corrected chi connectivity index (χ2v) is 3.47. The van der Waals surface area contributed by atoms with Gasteiger partial charge in [0, 0.05) is 5.39 Å². The molecule has 19 heavy (non-hydrogen) atoms. The Bertz CT molecular complexity index is 642. The van der Waals surface area contributed by atoms with E-state index in [2.05, 4.69) is 0 Å². The van der Waals surface area contributed by atoms with Crippen molar-refractivity contribution in [1.29, 1.82) is 5.26 Å². The van der Waals surface area contributed by atoms with Crippen LogP contribution in [0.1, 0.15) is 29.8 Å². The van der Waals surface area contributed by atoms with E-state index in [1.165, 1.54) is 13.2 Å². The predicted octanol–water partition coefficient (Wildman–Crippen LogP) is 3.44. The van der Waals surface area contributed by atoms with Crippen LogP contribution in [-0.4, -0.2) is 18.2 Å². The maximum absolute atomic E-state index is 11.1. The van der Waals surface area contributed by atoms with Gasteiger partial charge in [-0.25, -0.2) is 4.79 Å². The molecule has 0 aliphatic rings. The fourth-order valence-electron chi connectivity index (χ4n) is 1.83. The number of nitriles is 1. The first-order valence-electron chi connectivity index (χ1n) is 5.92. The summed E-state index contributed by atoms with van der Waals surface area (Å²) in [5.41, 5.74) is 0.335. The molecule has 2 aromatic carbocycles. The molecule has 0 fully saturated rings. The SMILES string of the molecule is CC.COc1c(C#N)cc(C(=O)O)c2ccccc12. The molecule has 1 N–H and O–H groups in total. The quantitative estimate of drug-likeness (QED) is 0.894. The number of carbonyl (C=O) groups is 1. The number of fused-ring (bicyclic) bond motifs is 1. The Kier molecular flexibility index (Phi) is 4.90. The Balaban J connectivity index is 0.000000861. The minimum absolute atomic E-state index is 0.109. The Hall–Kier alpha value is -2.54. The van der Waals surface area contributed by atoms with E-state index in [9.17, 15) is 4.79 Å². The van der Waals surface area contributed by atoms with Crippen LogP contribution in [0.25, 0.3) is 10.8 Å². The molecule has 0 saturated heterocycles. The summed E-state index contributed by atoms with van der Waals surface area (Å²) in [5, 5.41) is 19.3. The Morgan fingerprint density at radius 3 is 2.32 bits per heavy atom. The molecule has 4 heteroatoms. The van der Waals surface area contributed by atoms with Crippen LogP contribution in [0.5, 0.6) is 5.75 Å². The standard InChI is InChI=1S/C13H9NO3.C2H6/c1-17-12-8(7-14)6-11(13(15)16)9-4-2-3-5-10(9)12;1-2/h2-6H,1H3,(H,15,16);1-2H3. The lowest BCUT2D eigenvalue weighted by atomic mass is 10.00. The molecule has 98 valence electrons. The molecule has 0 unspecified atom stereocenters. The van der Waals surface area contributed by atoms with Crippen molar-refractivity contribution in [3.8, 4) is 11.8 Å². The van der Waals surface area contributed by atoms with Crippen LogP contribution >= 0.6 is 0 Å². The van der Waals surface area contributed by atoms with Crippen molar-refractivity contribution >= 4 is 16.7 Å². The highest BCUT2D eigenvalue weighted by molar-refractivity contribution is 6.06. The van der Waals surface area contributed by atoms with E-state index in [0.29, 0.717) is 16.5 Å². The molecule has 4 nitrogen and oxygen atoms in total. The summed E-state index contributed by atoms with van der Waals surface area (Å²) in [6.45, 7) is 4.00. The molecule has 0 bridgehead atoms. The average Bonchev–Trinajstić information content (AvgIpc) is 2.47. The van der Waals surface area contributed by atoms with Crippen molar-refractivity contribution in [3.05, 3.63) is 41.5 Å². The molecule has 0 amide bonds. The maximum Gasteiger partial charge on any atom is 0.336 e. The maximum atomic E-state index is 11.1. The number of methoxy groups -OCH3 is 1. The topological polar surface area (TPSA) is 70.3 Å². The lowest BCUT2D eigenvalue weighted by molar-refractivity contribution is 0.0699. The molecule has 0 heterocycles. The zero-order valence-electron chi connectivity index (χ0n) is 11.1. The van der Waals surface area contributed by atoms with Crippen molar-refractivity contribution < 1.29 is 14.6 Å². The summed E-state index contributed by atoms with van der Waals surface area (Å²) in [7, 11) is 1.46. The van der Waals surface area contributed by atoms with Crippen LogP contribution in [0.2, 0.25) is 0 Å². The van der Waals surface area contributed by atoms with Crippen LogP contribution in [0, 0.1) is 11.3 Å². The van der Waals surface area contributed by atoms with Crippen LogP contribution < -0.4 is 4.74 Å². The molecule has 0 saturated carbocycles. The molecular formula is C15H15NO3. The molecule has 0 spiro atoms. The van der Waals surface area contributed by atoms with Gasteiger partial charge in [-0.1, -0.05) is 38.1 Å². The van der Waals surface area contributed by atoms with E-state index in [1.807, 2.05) is 19.9 Å². The highest BCUT2D eigenvalue weighted by Crippen LogP contribution is 2.32. The lowest BCUT2D eigenvalue weighted by Crippen LogP contribution is -2.00. The van der Waals surface area contributed by atoms with E-state index < -0.39 is 5.97 Å². The molecule has 0 aliphatic heterocycles. The van der Waals surface area contributed by atoms with Crippen LogP contribution in [0.4, 0.5) is 0 Å². The Labute approximate surface area is 111 Å². The third kappa shape index (κ3) is 2.66. The lowest BCUT2D eigenvalue weighted by Gasteiger charge is -2.09. The van der Waals surface area contributed by atoms with Crippen molar-refractivity contribution in [1.82, 2.24) is 0 Å². The Morgan fingerprint density at radius 2 is 1.84 bits per heavy atom. The minimum Gasteiger partial charge on any atom is -0.495 e. The molecule has 0 aromatic heterocycles. The average molecular weight is 257 g/mol. The zero-order chi connectivity index (χ0) is 14.4. The van der Waals surface area contributed by atoms with Gasteiger partial charge in [-0.05, 0) is 11.5 Å². The fraction of sp³-hybridized carbons (Fsp3) is 0.200. The first-order valence-corrected chi connectivity index (χ1v) is 5.92. The monoisotopic (exact) mass is 257 g/mol. The van der Waals surface area contributed by atoms with Gasteiger partial charge >= 0.3 is 5.97 Å². The van der Waals surface area contributed by atoms with Crippen LogP contribution in [0.3, 0.4) is 0 Å². The van der Waals surface area contributed by atoms with Crippen molar-refractivity contribution in [2.45, 2.75) is 13.8 Å². The number of rotatable bonds is 2. The molecule has 0 aliphatic carbocycles. The summed E-state index contributed by atoms with van der Waals surface area (Å²) >= 11 is 0. The molecule has 0 atom stereocenters. The van der Waals surface area contributed by atoms with E-state index in [-0.39, 0.29) is 11.1 Å². The van der Waals surface area contributed by atoms with E-state index in [4.69, 9.17) is 15.1 Å². The van der Waals surface area contributed by atoms with Crippen molar-refractivity contribution in [2.24, 2.45) is 0 Å². The third-order valence-corrected chi connectivity index (χ3v) is 2.55. The van der Waals surface area contributed by atoms with Gasteiger partial charge in [0.15, 0.2) is 0 Å².